The molecule has 4 heavy (non-hydrogen) atoms. The standard InChI is InChI=1S/BBr3/c2-1(3)4/i1+0. The summed E-state index contributed by atoms with van der Waals surface area (Å²) in [5.74, 6) is 0. The van der Waals surface area contributed by atoms with Crippen LogP contribution in [0.25, 0.3) is 0 Å². The van der Waals surface area contributed by atoms with Gasteiger partial charge in [0.25, 0.3) is 0 Å². The van der Waals surface area contributed by atoms with Crippen molar-refractivity contribution in [1.29, 1.82) is 0 Å². The molecule has 24 valence electrons. The van der Waals surface area contributed by atoms with Crippen molar-refractivity contribution in [3.63, 3.8) is 0 Å². The highest BCUT2D eigenvalue weighted by molar-refractivity contribution is 9.69. The Morgan fingerprint density at radius 1 is 1.00 bits per heavy atom. The van der Waals surface area contributed by atoms with Crippen molar-refractivity contribution in [3.05, 3.63) is 0 Å². The van der Waals surface area contributed by atoms with Gasteiger partial charge < -0.3 is 0 Å². The van der Waals surface area contributed by atoms with Crippen LogP contribution in [0, 0.1) is 0 Å². The van der Waals surface area contributed by atoms with Crippen molar-refractivity contribution in [1.82, 2.24) is 0 Å². The van der Waals surface area contributed by atoms with Crippen molar-refractivity contribution in [2.75, 3.05) is 0 Å². The first-order valence-corrected chi connectivity index (χ1v) is 3.40. The topological polar surface area (TPSA) is 0 Å². The summed E-state index contributed by atoms with van der Waals surface area (Å²) in [5, 5.41) is 0. The van der Waals surface area contributed by atoms with Gasteiger partial charge in [0.05, 0.1) is 0 Å². The molecule has 0 heterocycles. The van der Waals surface area contributed by atoms with Gasteiger partial charge in [0.2, 0.25) is 0 Å². The van der Waals surface area contributed by atoms with Crippen LogP contribution in [0.15, 0.2) is 0 Å². The molecule has 0 aliphatic carbocycles. The Bertz CT molecular complexity index is 8.00. The first-order valence-electron chi connectivity index (χ1n) is 0.655. The van der Waals surface area contributed by atoms with E-state index in [4.69, 9.17) is 0 Å². The molecule has 4 heteroatoms. The van der Waals surface area contributed by atoms with Crippen molar-refractivity contribution in [3.8, 4) is 0 Å². The number of halogens is 3. The molecule has 0 aromatic heterocycles. The van der Waals surface area contributed by atoms with Gasteiger partial charge >= 0.3 is 3.18 Å². The van der Waals surface area contributed by atoms with Gasteiger partial charge in [0, 0.05) is 0 Å². The van der Waals surface area contributed by atoms with Crippen LogP contribution >= 0.6 is 47.3 Å². The van der Waals surface area contributed by atoms with Crippen LogP contribution < -0.4 is 0 Å². The highest BCUT2D eigenvalue weighted by atomic mass is 79.9. The zero-order chi connectivity index (χ0) is 3.58. The summed E-state index contributed by atoms with van der Waals surface area (Å²) in [4.78, 5) is 0. The fourth-order valence-corrected chi connectivity index (χ4v) is 0. The Balaban J connectivity index is 2.32. The molecule has 0 unspecified atom stereocenters. The molecule has 0 saturated carbocycles. The molecule has 0 aromatic carbocycles. The zero-order valence-electron chi connectivity index (χ0n) is 1.71. The van der Waals surface area contributed by atoms with E-state index in [1.54, 1.807) is 0 Å². The lowest BCUT2D eigenvalue weighted by molar-refractivity contribution is 4.99. The Kier molecular flexibility index (Phi) is 3.75. The molecule has 0 N–H and O–H groups in total. The average molecular weight is 251 g/mol. The molecule has 0 bridgehead atoms. The molecule has 0 saturated heterocycles. The third kappa shape index (κ3) is 9.71. The summed E-state index contributed by atoms with van der Waals surface area (Å²) in [6.07, 6.45) is 0. The fraction of sp³-hybridized carbons (Fsp3) is 0. The molecule has 0 fully saturated rings. The molecular formula is BBr3. The third-order valence-electron chi connectivity index (χ3n) is 0. The van der Waals surface area contributed by atoms with Crippen LogP contribution in [-0.4, -0.2) is 3.18 Å². The van der Waals surface area contributed by atoms with Crippen molar-refractivity contribution < 1.29 is 0 Å². The summed E-state index contributed by atoms with van der Waals surface area (Å²) in [5.41, 5.74) is 0. The van der Waals surface area contributed by atoms with E-state index in [2.05, 4.69) is 47.3 Å². The second kappa shape index (κ2) is 2.73. The lowest BCUT2D eigenvalue weighted by Gasteiger charge is -1.63. The minimum absolute atomic E-state index is 0.271. The molecule has 0 radical (unpaired) electrons. The van der Waals surface area contributed by atoms with Gasteiger partial charge in [-0.2, -0.15) is 0 Å². The number of rotatable bonds is 0. The fourth-order valence-electron chi connectivity index (χ4n) is 0. The Labute approximate surface area is 50.3 Å². The third-order valence-corrected chi connectivity index (χ3v) is 0. The largest absolute Gasteiger partial charge is 0.369 e. The molecule has 0 rings (SSSR count). The van der Waals surface area contributed by atoms with Gasteiger partial charge in [0.15, 0.2) is 0 Å². The maximum atomic E-state index is 3.10. The molecule has 0 atom stereocenters. The Morgan fingerprint density at radius 2 is 1.00 bits per heavy atom. The summed E-state index contributed by atoms with van der Waals surface area (Å²) < 4.78 is 0.271. The van der Waals surface area contributed by atoms with E-state index in [1.165, 1.54) is 0 Å². The smallest absolute Gasteiger partial charge is 0.123 e. The van der Waals surface area contributed by atoms with E-state index < -0.39 is 0 Å². The van der Waals surface area contributed by atoms with E-state index in [0.717, 1.165) is 0 Å². The monoisotopic (exact) mass is 248 g/mol. The molecule has 0 aliphatic heterocycles. The Morgan fingerprint density at radius 3 is 1.00 bits per heavy atom. The SMILES string of the molecule is Br[11B](Br)Br. The summed E-state index contributed by atoms with van der Waals surface area (Å²) in [6.45, 7) is 0. The van der Waals surface area contributed by atoms with Gasteiger partial charge in [-0.1, -0.05) is 0 Å². The molecule has 0 aliphatic rings. The van der Waals surface area contributed by atoms with E-state index in [0.29, 0.717) is 0 Å². The lowest BCUT2D eigenvalue weighted by atomic mass is 11.0. The first kappa shape index (κ1) is 5.50. The van der Waals surface area contributed by atoms with Gasteiger partial charge in [0.1, 0.15) is 0 Å². The normalized spacial score (nSPS) is 6.75. The molecule has 0 amide bonds. The quantitative estimate of drug-likeness (QED) is 0.578. The highest BCUT2D eigenvalue weighted by Crippen LogP contribution is 2.07. The van der Waals surface area contributed by atoms with Gasteiger partial charge in [-0.25, -0.2) is 0 Å². The lowest BCUT2D eigenvalue weighted by Crippen LogP contribution is -1.60. The molecule has 0 nitrogen and oxygen atoms in total. The average Bonchev–Trinajstić information content (AvgIpc) is 0.811. The van der Waals surface area contributed by atoms with E-state index in [9.17, 15) is 0 Å². The zero-order valence-corrected chi connectivity index (χ0v) is 6.47. The molecule has 0 spiro atoms. The van der Waals surface area contributed by atoms with Gasteiger partial charge in [-0.3, -0.25) is 0 Å². The molecule has 0 aromatic rings. The maximum Gasteiger partial charge on any atom is 0.369 e. The number of hydrogen-bond donors (Lipinski definition) is 0. The van der Waals surface area contributed by atoms with Crippen molar-refractivity contribution >= 4 is 50.5 Å². The maximum absolute atomic E-state index is 3.10. The summed E-state index contributed by atoms with van der Waals surface area (Å²) in [6, 6.07) is 0. The van der Waals surface area contributed by atoms with Crippen molar-refractivity contribution in [2.45, 2.75) is 0 Å². The first-order chi connectivity index (χ1) is 1.73. The van der Waals surface area contributed by atoms with Crippen LogP contribution in [0.4, 0.5) is 0 Å². The van der Waals surface area contributed by atoms with E-state index in [1.807, 2.05) is 0 Å². The highest BCUT2D eigenvalue weighted by Gasteiger charge is 1.87. The summed E-state index contributed by atoms with van der Waals surface area (Å²) in [7, 11) is 0. The van der Waals surface area contributed by atoms with Gasteiger partial charge in [-0.15, -0.1) is 47.3 Å². The predicted octanol–water partition coefficient (Wildman–Crippen LogP) is 2.16. The van der Waals surface area contributed by atoms with E-state index in [-0.39, 0.29) is 3.18 Å². The van der Waals surface area contributed by atoms with Crippen LogP contribution in [0.5, 0.6) is 0 Å². The molecular weight excluding hydrogens is 251 g/mol. The van der Waals surface area contributed by atoms with Crippen LogP contribution in [0.2, 0.25) is 0 Å². The second-order valence-electron chi connectivity index (χ2n) is 0.247. The van der Waals surface area contributed by atoms with Gasteiger partial charge in [-0.05, 0) is 0 Å². The predicted molar refractivity (Wildman–Crippen MR) is 32.5 cm³/mol. The van der Waals surface area contributed by atoms with Crippen LogP contribution in [0.3, 0.4) is 0 Å². The van der Waals surface area contributed by atoms with Crippen LogP contribution in [-0.2, 0) is 0 Å². The minimum atomic E-state index is 0.271. The number of hydrogen-bond acceptors (Lipinski definition) is 0. The second-order valence-corrected chi connectivity index (χ2v) is 6.68. The van der Waals surface area contributed by atoms with Crippen molar-refractivity contribution in [2.24, 2.45) is 0 Å². The Hall–Kier alpha value is 1.50. The minimum Gasteiger partial charge on any atom is -0.123 e. The van der Waals surface area contributed by atoms with Crippen LogP contribution in [0.1, 0.15) is 0 Å². The van der Waals surface area contributed by atoms with E-state index >= 15 is 0 Å². The summed E-state index contributed by atoms with van der Waals surface area (Å²) >= 11 is 9.31.